The number of nitro benzene ring substituents is 1. The van der Waals surface area contributed by atoms with E-state index in [0.717, 1.165) is 5.69 Å². The Labute approximate surface area is 132 Å². The van der Waals surface area contributed by atoms with Crippen molar-refractivity contribution in [1.82, 2.24) is 0 Å². The fourth-order valence-electron chi connectivity index (χ4n) is 1.87. The van der Waals surface area contributed by atoms with Crippen LogP contribution in [0.4, 0.5) is 22.7 Å². The highest BCUT2D eigenvalue weighted by Gasteiger charge is 2.05. The quantitative estimate of drug-likeness (QED) is 0.412. The second-order valence-corrected chi connectivity index (χ2v) is 4.63. The molecule has 0 heterocycles. The average Bonchev–Trinajstić information content (AvgIpc) is 2.58. The Morgan fingerprint density at radius 1 is 1.09 bits per heavy atom. The van der Waals surface area contributed by atoms with Crippen LogP contribution in [-0.4, -0.2) is 28.3 Å². The maximum absolute atomic E-state index is 10.6. The minimum absolute atomic E-state index is 0.00998. The minimum atomic E-state index is -0.483. The van der Waals surface area contributed by atoms with Gasteiger partial charge >= 0.3 is 0 Å². The summed E-state index contributed by atoms with van der Waals surface area (Å²) in [5.74, 6) is 0. The second-order valence-electron chi connectivity index (χ2n) is 4.63. The van der Waals surface area contributed by atoms with Crippen LogP contribution in [0.1, 0.15) is 5.56 Å². The van der Waals surface area contributed by atoms with Gasteiger partial charge in [-0.25, -0.2) is 0 Å². The van der Waals surface area contributed by atoms with Gasteiger partial charge in [0.15, 0.2) is 0 Å². The van der Waals surface area contributed by atoms with Crippen molar-refractivity contribution in [1.29, 1.82) is 0 Å². The predicted octanol–water partition coefficient (Wildman–Crippen LogP) is 2.91. The number of anilines is 1. The molecule has 0 aromatic heterocycles. The van der Waals surface area contributed by atoms with Gasteiger partial charge in [0.25, 0.3) is 5.69 Å². The zero-order chi connectivity index (χ0) is 16.7. The zero-order valence-corrected chi connectivity index (χ0v) is 12.2. The Bertz CT molecular complexity index is 701. The molecule has 0 saturated carbocycles. The molecule has 0 aliphatic carbocycles. The molecular formula is C15H16N4O4. The first kappa shape index (κ1) is 16.5. The van der Waals surface area contributed by atoms with Crippen molar-refractivity contribution in [3.05, 3.63) is 58.1 Å². The van der Waals surface area contributed by atoms with Crippen LogP contribution in [0, 0.1) is 10.1 Å². The van der Waals surface area contributed by atoms with E-state index in [1.165, 1.54) is 24.3 Å². The van der Waals surface area contributed by atoms with Crippen LogP contribution >= 0.6 is 0 Å². The summed E-state index contributed by atoms with van der Waals surface area (Å²) >= 11 is 0. The summed E-state index contributed by atoms with van der Waals surface area (Å²) in [5, 5.41) is 39.8. The Morgan fingerprint density at radius 3 is 2.43 bits per heavy atom. The van der Waals surface area contributed by atoms with Gasteiger partial charge in [-0.15, -0.1) is 0 Å². The Morgan fingerprint density at radius 2 is 1.83 bits per heavy atom. The number of azo groups is 1. The topological polar surface area (TPSA) is 120 Å². The molecule has 8 heteroatoms. The monoisotopic (exact) mass is 316 g/mol. The molecule has 0 amide bonds. The van der Waals surface area contributed by atoms with Crippen LogP contribution in [0.25, 0.3) is 0 Å². The highest BCUT2D eigenvalue weighted by molar-refractivity contribution is 5.56. The molecule has 0 aliphatic rings. The van der Waals surface area contributed by atoms with Crippen molar-refractivity contribution < 1.29 is 15.1 Å². The SMILES string of the molecule is O=[N+]([O-])c1ccc(N=Nc2ccc(NCCO)cc2CO)cc1. The lowest BCUT2D eigenvalue weighted by Gasteiger charge is -2.07. The molecule has 0 spiro atoms. The summed E-state index contributed by atoms with van der Waals surface area (Å²) in [5.41, 5.74) is 2.30. The van der Waals surface area contributed by atoms with Gasteiger partial charge in [0.05, 0.1) is 29.5 Å². The standard InChI is InChI=1S/C15H16N4O4/c20-8-7-16-13-3-6-15(11(9-13)10-21)18-17-12-1-4-14(5-2-12)19(22)23/h1-6,9,16,20-21H,7-8,10H2. The Kier molecular flexibility index (Phi) is 5.73. The maximum Gasteiger partial charge on any atom is 0.269 e. The first-order valence-corrected chi connectivity index (χ1v) is 6.88. The summed E-state index contributed by atoms with van der Waals surface area (Å²) < 4.78 is 0. The molecule has 3 N–H and O–H groups in total. The lowest BCUT2D eigenvalue weighted by molar-refractivity contribution is -0.384. The fourth-order valence-corrected chi connectivity index (χ4v) is 1.87. The molecule has 0 fully saturated rings. The lowest BCUT2D eigenvalue weighted by Crippen LogP contribution is -2.05. The smallest absolute Gasteiger partial charge is 0.269 e. The van der Waals surface area contributed by atoms with Crippen LogP contribution in [-0.2, 0) is 6.61 Å². The van der Waals surface area contributed by atoms with Gasteiger partial charge in [-0.2, -0.15) is 10.2 Å². The van der Waals surface area contributed by atoms with E-state index in [-0.39, 0.29) is 18.9 Å². The second kappa shape index (κ2) is 7.97. The maximum atomic E-state index is 10.6. The number of aliphatic hydroxyl groups is 2. The van der Waals surface area contributed by atoms with E-state index in [1.807, 2.05) is 0 Å². The molecule has 23 heavy (non-hydrogen) atoms. The van der Waals surface area contributed by atoms with Gasteiger partial charge in [-0.1, -0.05) is 0 Å². The number of hydrogen-bond donors (Lipinski definition) is 3. The van der Waals surface area contributed by atoms with Crippen molar-refractivity contribution >= 4 is 22.7 Å². The van der Waals surface area contributed by atoms with E-state index in [2.05, 4.69) is 15.5 Å². The summed E-state index contributed by atoms with van der Waals surface area (Å²) in [6.07, 6.45) is 0. The molecule has 0 saturated heterocycles. The Hall–Kier alpha value is -2.84. The molecule has 2 aromatic carbocycles. The molecule has 0 radical (unpaired) electrons. The van der Waals surface area contributed by atoms with Crippen molar-refractivity contribution in [2.45, 2.75) is 6.61 Å². The van der Waals surface area contributed by atoms with Crippen molar-refractivity contribution in [2.75, 3.05) is 18.5 Å². The van der Waals surface area contributed by atoms with E-state index in [4.69, 9.17) is 5.11 Å². The van der Waals surface area contributed by atoms with Crippen LogP contribution in [0.15, 0.2) is 52.7 Å². The molecule has 2 aromatic rings. The van der Waals surface area contributed by atoms with Gasteiger partial charge in [0.2, 0.25) is 0 Å². The number of nitrogens with zero attached hydrogens (tertiary/aromatic N) is 3. The van der Waals surface area contributed by atoms with E-state index >= 15 is 0 Å². The number of aliphatic hydroxyl groups excluding tert-OH is 2. The van der Waals surface area contributed by atoms with Crippen LogP contribution < -0.4 is 5.32 Å². The highest BCUT2D eigenvalue weighted by atomic mass is 16.6. The normalized spacial score (nSPS) is 10.9. The lowest BCUT2D eigenvalue weighted by atomic mass is 10.1. The molecule has 0 aliphatic heterocycles. The molecular weight excluding hydrogens is 300 g/mol. The van der Waals surface area contributed by atoms with Crippen LogP contribution in [0.3, 0.4) is 0 Å². The minimum Gasteiger partial charge on any atom is -0.395 e. The van der Waals surface area contributed by atoms with E-state index < -0.39 is 4.92 Å². The Balaban J connectivity index is 2.16. The van der Waals surface area contributed by atoms with Gasteiger partial charge in [-0.05, 0) is 30.3 Å². The molecule has 120 valence electrons. The third-order valence-electron chi connectivity index (χ3n) is 3.02. The largest absolute Gasteiger partial charge is 0.395 e. The van der Waals surface area contributed by atoms with E-state index in [9.17, 15) is 15.2 Å². The third kappa shape index (κ3) is 4.56. The zero-order valence-electron chi connectivity index (χ0n) is 12.2. The van der Waals surface area contributed by atoms with Crippen molar-refractivity contribution in [3.8, 4) is 0 Å². The summed E-state index contributed by atoms with van der Waals surface area (Å²) in [7, 11) is 0. The number of hydrogen-bond acceptors (Lipinski definition) is 7. The molecule has 0 unspecified atom stereocenters. The number of non-ortho nitro benzene ring substituents is 1. The fraction of sp³-hybridized carbons (Fsp3) is 0.200. The van der Waals surface area contributed by atoms with Crippen LogP contribution in [0.2, 0.25) is 0 Å². The number of rotatable bonds is 7. The predicted molar refractivity (Wildman–Crippen MR) is 85.2 cm³/mol. The third-order valence-corrected chi connectivity index (χ3v) is 3.02. The van der Waals surface area contributed by atoms with Gasteiger partial charge in [-0.3, -0.25) is 10.1 Å². The molecule has 2 rings (SSSR count). The van der Waals surface area contributed by atoms with E-state index in [0.29, 0.717) is 23.5 Å². The number of nitro groups is 1. The number of nitrogens with one attached hydrogen (secondary N) is 1. The molecule has 0 atom stereocenters. The van der Waals surface area contributed by atoms with Gasteiger partial charge in [0.1, 0.15) is 0 Å². The molecule has 8 nitrogen and oxygen atoms in total. The van der Waals surface area contributed by atoms with E-state index in [1.54, 1.807) is 18.2 Å². The summed E-state index contributed by atoms with van der Waals surface area (Å²) in [6.45, 7) is 0.216. The average molecular weight is 316 g/mol. The van der Waals surface area contributed by atoms with Gasteiger partial charge in [0, 0.05) is 29.9 Å². The first-order chi connectivity index (χ1) is 11.1. The van der Waals surface area contributed by atoms with Crippen molar-refractivity contribution in [2.24, 2.45) is 10.2 Å². The first-order valence-electron chi connectivity index (χ1n) is 6.88. The summed E-state index contributed by atoms with van der Waals surface area (Å²) in [6, 6.07) is 10.9. The number of benzene rings is 2. The van der Waals surface area contributed by atoms with Crippen molar-refractivity contribution in [3.63, 3.8) is 0 Å². The highest BCUT2D eigenvalue weighted by Crippen LogP contribution is 2.26. The van der Waals surface area contributed by atoms with Gasteiger partial charge < -0.3 is 15.5 Å². The molecule has 0 bridgehead atoms. The summed E-state index contributed by atoms with van der Waals surface area (Å²) in [4.78, 5) is 10.1. The van der Waals surface area contributed by atoms with Crippen LogP contribution in [0.5, 0.6) is 0 Å².